The molecule has 8 aromatic carbocycles. The number of para-hydroxylation sites is 2. The van der Waals surface area contributed by atoms with Gasteiger partial charge in [-0.15, -0.1) is 0 Å². The monoisotopic (exact) mass is 639 g/mol. The van der Waals surface area contributed by atoms with Crippen molar-refractivity contribution in [3.8, 4) is 22.3 Å². The largest absolute Gasteiger partial charge is 0.310 e. The molecule has 238 valence electrons. The Bertz CT molecular complexity index is 2430. The van der Waals surface area contributed by atoms with Gasteiger partial charge in [-0.2, -0.15) is 0 Å². The van der Waals surface area contributed by atoms with Crippen molar-refractivity contribution in [2.24, 2.45) is 0 Å². The predicted molar refractivity (Wildman–Crippen MR) is 211 cm³/mol. The summed E-state index contributed by atoms with van der Waals surface area (Å²) in [5.41, 5.74) is 15.5. The van der Waals surface area contributed by atoms with Gasteiger partial charge >= 0.3 is 0 Å². The SMILES string of the molecule is Cc1ccc(C2(c3ccc(C)cc3)c3cc(N(c4ccccc4)c4ccccc4-c4ccccc4)ccc3-c3c2ccc2ccccc32)cc1. The number of hydrogen-bond acceptors (Lipinski definition) is 1. The third-order valence-corrected chi connectivity index (χ3v) is 10.5. The second-order valence-electron chi connectivity index (χ2n) is 13.5. The summed E-state index contributed by atoms with van der Waals surface area (Å²) >= 11 is 0. The molecule has 1 aliphatic rings. The average Bonchev–Trinajstić information content (AvgIpc) is 3.47. The van der Waals surface area contributed by atoms with Crippen LogP contribution in [0.2, 0.25) is 0 Å². The summed E-state index contributed by atoms with van der Waals surface area (Å²) < 4.78 is 0. The fraction of sp³-hybridized carbons (Fsp3) is 0.0612. The molecule has 1 heteroatoms. The molecule has 0 amide bonds. The van der Waals surface area contributed by atoms with Gasteiger partial charge < -0.3 is 4.90 Å². The Morgan fingerprint density at radius 1 is 0.420 bits per heavy atom. The maximum atomic E-state index is 2.47. The Hall–Kier alpha value is -6.18. The Morgan fingerprint density at radius 3 is 1.72 bits per heavy atom. The van der Waals surface area contributed by atoms with Gasteiger partial charge in [0.15, 0.2) is 0 Å². The van der Waals surface area contributed by atoms with Crippen LogP contribution in [0.5, 0.6) is 0 Å². The summed E-state index contributed by atoms with van der Waals surface area (Å²) in [6.45, 7) is 4.35. The van der Waals surface area contributed by atoms with Crippen LogP contribution >= 0.6 is 0 Å². The summed E-state index contributed by atoms with van der Waals surface area (Å²) in [6.07, 6.45) is 0. The number of anilines is 3. The molecule has 0 atom stereocenters. The summed E-state index contributed by atoms with van der Waals surface area (Å²) in [5.74, 6) is 0. The molecule has 0 heterocycles. The summed E-state index contributed by atoms with van der Waals surface area (Å²) in [6, 6.07) is 69.4. The lowest BCUT2D eigenvalue weighted by molar-refractivity contribution is 0.768. The maximum absolute atomic E-state index is 2.47. The van der Waals surface area contributed by atoms with Gasteiger partial charge in [0.25, 0.3) is 0 Å². The quantitative estimate of drug-likeness (QED) is 0.175. The van der Waals surface area contributed by atoms with Crippen LogP contribution in [0.4, 0.5) is 17.1 Å². The first-order chi connectivity index (χ1) is 24.6. The highest BCUT2D eigenvalue weighted by atomic mass is 15.1. The van der Waals surface area contributed by atoms with E-state index in [1.54, 1.807) is 0 Å². The van der Waals surface area contributed by atoms with Gasteiger partial charge in [-0.25, -0.2) is 0 Å². The van der Waals surface area contributed by atoms with Crippen molar-refractivity contribution in [2.75, 3.05) is 4.90 Å². The molecule has 0 aromatic heterocycles. The molecule has 0 aliphatic heterocycles. The van der Waals surface area contributed by atoms with E-state index in [0.29, 0.717) is 0 Å². The number of rotatable bonds is 6. The molecule has 8 aromatic rings. The van der Waals surface area contributed by atoms with E-state index in [4.69, 9.17) is 0 Å². The molecule has 0 N–H and O–H groups in total. The Labute approximate surface area is 294 Å². The van der Waals surface area contributed by atoms with Gasteiger partial charge in [0.1, 0.15) is 0 Å². The zero-order valence-electron chi connectivity index (χ0n) is 28.3. The van der Waals surface area contributed by atoms with E-state index in [1.165, 1.54) is 66.4 Å². The second kappa shape index (κ2) is 12.1. The highest BCUT2D eigenvalue weighted by Gasteiger charge is 2.47. The predicted octanol–water partition coefficient (Wildman–Crippen LogP) is 13.0. The number of fused-ring (bicyclic) bond motifs is 5. The normalized spacial score (nSPS) is 12.8. The number of nitrogens with zero attached hydrogens (tertiary/aromatic N) is 1. The third kappa shape index (κ3) is 4.70. The average molecular weight is 640 g/mol. The van der Waals surface area contributed by atoms with E-state index in [-0.39, 0.29) is 0 Å². The van der Waals surface area contributed by atoms with E-state index in [0.717, 1.165) is 17.1 Å². The fourth-order valence-electron chi connectivity index (χ4n) is 8.15. The van der Waals surface area contributed by atoms with E-state index in [1.807, 2.05) is 0 Å². The van der Waals surface area contributed by atoms with E-state index in [2.05, 4.69) is 207 Å². The maximum Gasteiger partial charge on any atom is 0.0714 e. The molecular formula is C49H37N. The summed E-state index contributed by atoms with van der Waals surface area (Å²) in [5, 5.41) is 2.54. The number of benzene rings is 8. The lowest BCUT2D eigenvalue weighted by Crippen LogP contribution is -2.29. The van der Waals surface area contributed by atoms with Crippen LogP contribution in [0.1, 0.15) is 33.4 Å². The van der Waals surface area contributed by atoms with Crippen molar-refractivity contribution in [3.05, 3.63) is 221 Å². The Balaban J connectivity index is 1.39. The van der Waals surface area contributed by atoms with E-state index in [9.17, 15) is 0 Å². The minimum atomic E-state index is -0.520. The molecule has 0 unspecified atom stereocenters. The van der Waals surface area contributed by atoms with E-state index >= 15 is 0 Å². The van der Waals surface area contributed by atoms with Crippen molar-refractivity contribution < 1.29 is 0 Å². The minimum Gasteiger partial charge on any atom is -0.310 e. The Morgan fingerprint density at radius 2 is 1.02 bits per heavy atom. The van der Waals surface area contributed by atoms with E-state index < -0.39 is 5.41 Å². The van der Waals surface area contributed by atoms with Crippen molar-refractivity contribution >= 4 is 27.8 Å². The smallest absolute Gasteiger partial charge is 0.0714 e. The van der Waals surface area contributed by atoms with Crippen molar-refractivity contribution in [1.82, 2.24) is 0 Å². The summed E-state index contributed by atoms with van der Waals surface area (Å²) in [7, 11) is 0. The molecule has 0 spiro atoms. The van der Waals surface area contributed by atoms with Crippen molar-refractivity contribution in [1.29, 1.82) is 0 Å². The highest BCUT2D eigenvalue weighted by molar-refractivity contribution is 6.04. The number of aryl methyl sites for hydroxylation is 2. The minimum absolute atomic E-state index is 0.520. The van der Waals surface area contributed by atoms with Crippen molar-refractivity contribution in [2.45, 2.75) is 19.3 Å². The van der Waals surface area contributed by atoms with Gasteiger partial charge in [0.2, 0.25) is 0 Å². The van der Waals surface area contributed by atoms with Gasteiger partial charge in [-0.05, 0) is 93.9 Å². The molecular weight excluding hydrogens is 603 g/mol. The van der Waals surface area contributed by atoms with Crippen LogP contribution in [0.3, 0.4) is 0 Å². The van der Waals surface area contributed by atoms with Crippen LogP contribution in [-0.2, 0) is 5.41 Å². The first kappa shape index (κ1) is 29.9. The first-order valence-electron chi connectivity index (χ1n) is 17.4. The van der Waals surface area contributed by atoms with Gasteiger partial charge in [0, 0.05) is 16.9 Å². The Kier molecular flexibility index (Phi) is 7.21. The molecule has 0 bridgehead atoms. The highest BCUT2D eigenvalue weighted by Crippen LogP contribution is 2.59. The van der Waals surface area contributed by atoms with Crippen molar-refractivity contribution in [3.63, 3.8) is 0 Å². The van der Waals surface area contributed by atoms with Crippen LogP contribution in [0, 0.1) is 13.8 Å². The van der Waals surface area contributed by atoms with Crippen LogP contribution in [0.15, 0.2) is 188 Å². The first-order valence-corrected chi connectivity index (χ1v) is 17.4. The molecule has 0 saturated carbocycles. The standard InChI is InChI=1S/C49H37N/c1-34-21-26-38(27-22-34)49(39-28-23-35(2)24-29-39)45-32-25-37-15-9-10-19-43(37)48(45)44-31-30-41(33-46(44)49)50(40-16-7-4-8-17-40)47-20-12-11-18-42(47)36-13-5-3-6-14-36/h3-33H,1-2H3. The van der Waals surface area contributed by atoms with Gasteiger partial charge in [-0.3, -0.25) is 0 Å². The molecule has 0 fully saturated rings. The van der Waals surface area contributed by atoms with Crippen LogP contribution < -0.4 is 4.90 Å². The zero-order chi connectivity index (χ0) is 33.7. The summed E-state index contributed by atoms with van der Waals surface area (Å²) in [4.78, 5) is 2.43. The lowest BCUT2D eigenvalue weighted by atomic mass is 9.67. The molecule has 9 rings (SSSR count). The molecule has 1 nitrogen and oxygen atoms in total. The van der Waals surface area contributed by atoms with Gasteiger partial charge in [0.05, 0.1) is 11.1 Å². The topological polar surface area (TPSA) is 3.24 Å². The molecule has 1 aliphatic carbocycles. The second-order valence-corrected chi connectivity index (χ2v) is 13.5. The lowest BCUT2D eigenvalue weighted by Gasteiger charge is -2.35. The zero-order valence-corrected chi connectivity index (χ0v) is 28.3. The third-order valence-electron chi connectivity index (χ3n) is 10.5. The van der Waals surface area contributed by atoms with Gasteiger partial charge in [-0.1, -0.05) is 169 Å². The fourth-order valence-corrected chi connectivity index (χ4v) is 8.15. The van der Waals surface area contributed by atoms with Crippen LogP contribution in [-0.4, -0.2) is 0 Å². The number of hydrogen-bond donors (Lipinski definition) is 0. The molecule has 0 saturated heterocycles. The molecule has 0 radical (unpaired) electrons. The van der Waals surface area contributed by atoms with Crippen LogP contribution in [0.25, 0.3) is 33.0 Å². The molecule has 50 heavy (non-hydrogen) atoms.